The van der Waals surface area contributed by atoms with Gasteiger partial charge in [0.15, 0.2) is 11.6 Å². The van der Waals surface area contributed by atoms with E-state index in [1.807, 2.05) is 0 Å². The number of hydrogen-bond acceptors (Lipinski definition) is 3. The minimum Gasteiger partial charge on any atom is -0.369 e. The van der Waals surface area contributed by atoms with Gasteiger partial charge in [-0.3, -0.25) is 0 Å². The highest BCUT2D eigenvalue weighted by atomic mass is 19.2. The molecule has 1 heterocycles. The van der Waals surface area contributed by atoms with E-state index in [-0.39, 0.29) is 11.5 Å². The first-order chi connectivity index (χ1) is 9.58. The van der Waals surface area contributed by atoms with Crippen molar-refractivity contribution in [2.45, 2.75) is 26.8 Å². The van der Waals surface area contributed by atoms with E-state index in [2.05, 4.69) is 23.7 Å². The van der Waals surface area contributed by atoms with Crippen molar-refractivity contribution >= 4 is 17.0 Å². The number of benzene rings is 1. The van der Waals surface area contributed by atoms with Crippen molar-refractivity contribution in [1.29, 1.82) is 0 Å². The molecule has 2 rings (SSSR count). The van der Waals surface area contributed by atoms with Crippen LogP contribution in [0.3, 0.4) is 0 Å². The first-order valence-electron chi connectivity index (χ1n) is 6.90. The van der Waals surface area contributed by atoms with Gasteiger partial charge in [0.1, 0.15) is 5.52 Å². The molecule has 0 fully saturated rings. The van der Waals surface area contributed by atoms with E-state index in [9.17, 15) is 8.78 Å². The quantitative estimate of drug-likeness (QED) is 0.886. The maximum absolute atomic E-state index is 13.9. The van der Waals surface area contributed by atoms with Crippen molar-refractivity contribution in [3.05, 3.63) is 23.8 Å². The molecule has 20 heavy (non-hydrogen) atoms. The van der Waals surface area contributed by atoms with E-state index < -0.39 is 11.6 Å². The Morgan fingerprint density at radius 2 is 1.95 bits per heavy atom. The van der Waals surface area contributed by atoms with Gasteiger partial charge in [-0.05, 0) is 38.2 Å². The lowest BCUT2D eigenvalue weighted by Crippen LogP contribution is -2.25. The van der Waals surface area contributed by atoms with E-state index in [1.165, 1.54) is 6.07 Å². The molecule has 0 atom stereocenters. The molecule has 0 amide bonds. The monoisotopic (exact) mass is 282 g/mol. The number of nitrogens with two attached hydrogens (primary N) is 1. The van der Waals surface area contributed by atoms with Crippen LogP contribution in [0.25, 0.3) is 11.0 Å². The topological polar surface area (TPSA) is 47.1 Å². The van der Waals surface area contributed by atoms with Gasteiger partial charge in [-0.2, -0.15) is 0 Å². The molecule has 0 radical (unpaired) electrons. The molecule has 0 aliphatic carbocycles. The van der Waals surface area contributed by atoms with E-state index in [1.54, 1.807) is 4.57 Å². The van der Waals surface area contributed by atoms with Crippen LogP contribution >= 0.6 is 0 Å². The molecule has 1 aromatic heterocycles. The van der Waals surface area contributed by atoms with Gasteiger partial charge < -0.3 is 15.2 Å². The molecular formula is C14H20F2N4. The first-order valence-corrected chi connectivity index (χ1v) is 6.90. The lowest BCUT2D eigenvalue weighted by atomic mass is 10.3. The summed E-state index contributed by atoms with van der Waals surface area (Å²) in [5, 5.41) is 0. The predicted octanol–water partition coefficient (Wildman–Crippen LogP) is 2.63. The molecule has 2 N–H and O–H groups in total. The smallest absolute Gasteiger partial charge is 0.201 e. The summed E-state index contributed by atoms with van der Waals surface area (Å²) in [6.45, 7) is 7.56. The molecule has 0 aliphatic heterocycles. The molecule has 0 saturated carbocycles. The summed E-state index contributed by atoms with van der Waals surface area (Å²) in [6.07, 6.45) is 0.813. The van der Waals surface area contributed by atoms with Crippen LogP contribution in [0.2, 0.25) is 0 Å². The van der Waals surface area contributed by atoms with Crippen molar-refractivity contribution < 1.29 is 8.78 Å². The zero-order valence-electron chi connectivity index (χ0n) is 11.9. The van der Waals surface area contributed by atoms with Crippen LogP contribution in [0.15, 0.2) is 12.1 Å². The highest BCUT2D eigenvalue weighted by Crippen LogP contribution is 2.23. The molecule has 0 aliphatic rings. The predicted molar refractivity (Wildman–Crippen MR) is 76.5 cm³/mol. The second-order valence-corrected chi connectivity index (χ2v) is 4.73. The largest absolute Gasteiger partial charge is 0.369 e. The van der Waals surface area contributed by atoms with Crippen LogP contribution < -0.4 is 5.73 Å². The number of aromatic nitrogens is 2. The molecule has 0 spiro atoms. The third kappa shape index (κ3) is 2.75. The van der Waals surface area contributed by atoms with Crippen molar-refractivity contribution in [2.24, 2.45) is 0 Å². The third-order valence-corrected chi connectivity index (χ3v) is 3.58. The van der Waals surface area contributed by atoms with Gasteiger partial charge in [-0.1, -0.05) is 13.8 Å². The molecule has 4 nitrogen and oxygen atoms in total. The Kier molecular flexibility index (Phi) is 4.54. The average Bonchev–Trinajstić information content (AvgIpc) is 2.76. The number of rotatable bonds is 6. The lowest BCUT2D eigenvalue weighted by molar-refractivity contribution is 0.294. The lowest BCUT2D eigenvalue weighted by Gasteiger charge is -2.18. The number of halogens is 2. The summed E-state index contributed by atoms with van der Waals surface area (Å²) in [6, 6.07) is 2.52. The van der Waals surface area contributed by atoms with Crippen LogP contribution in [0, 0.1) is 11.6 Å². The van der Waals surface area contributed by atoms with Gasteiger partial charge in [0.25, 0.3) is 0 Å². The summed E-state index contributed by atoms with van der Waals surface area (Å²) < 4.78 is 28.8. The van der Waals surface area contributed by atoms with Gasteiger partial charge in [0.05, 0.1) is 5.52 Å². The zero-order valence-corrected chi connectivity index (χ0v) is 11.9. The number of fused-ring (bicyclic) bond motifs is 1. The Hall–Kier alpha value is -1.69. The molecule has 6 heteroatoms. The fraction of sp³-hybridized carbons (Fsp3) is 0.500. The number of hydrogen-bond donors (Lipinski definition) is 1. The third-order valence-electron chi connectivity index (χ3n) is 3.58. The van der Waals surface area contributed by atoms with E-state index >= 15 is 0 Å². The Balaban J connectivity index is 2.21. The average molecular weight is 282 g/mol. The molecular weight excluding hydrogens is 262 g/mol. The number of nitrogens with zero attached hydrogens (tertiary/aromatic N) is 3. The van der Waals surface area contributed by atoms with Crippen molar-refractivity contribution in [3.63, 3.8) is 0 Å². The summed E-state index contributed by atoms with van der Waals surface area (Å²) in [4.78, 5) is 6.34. The van der Waals surface area contributed by atoms with Crippen LogP contribution in [0.4, 0.5) is 14.7 Å². The zero-order chi connectivity index (χ0) is 14.7. The fourth-order valence-electron chi connectivity index (χ4n) is 2.39. The van der Waals surface area contributed by atoms with Gasteiger partial charge in [0.2, 0.25) is 5.95 Å². The van der Waals surface area contributed by atoms with Gasteiger partial charge in [0, 0.05) is 6.54 Å². The van der Waals surface area contributed by atoms with Crippen molar-refractivity contribution in [2.75, 3.05) is 25.4 Å². The maximum atomic E-state index is 13.9. The Morgan fingerprint density at radius 1 is 1.25 bits per heavy atom. The SMILES string of the molecule is CCN(CC)CCCn1c(N)nc2ccc(F)c(F)c21. The number of aryl methyl sites for hydroxylation is 1. The van der Waals surface area contributed by atoms with Crippen LogP contribution in [-0.2, 0) is 6.54 Å². The minimum absolute atomic E-state index is 0.155. The van der Waals surface area contributed by atoms with Crippen molar-refractivity contribution in [1.82, 2.24) is 14.5 Å². The summed E-state index contributed by atoms with van der Waals surface area (Å²) >= 11 is 0. The molecule has 0 saturated heterocycles. The number of anilines is 1. The summed E-state index contributed by atoms with van der Waals surface area (Å²) in [7, 11) is 0. The fourth-order valence-corrected chi connectivity index (χ4v) is 2.39. The second kappa shape index (κ2) is 6.17. The van der Waals surface area contributed by atoms with Crippen LogP contribution in [0.5, 0.6) is 0 Å². The van der Waals surface area contributed by atoms with Crippen molar-refractivity contribution in [3.8, 4) is 0 Å². The molecule has 110 valence electrons. The molecule has 0 bridgehead atoms. The molecule has 1 aromatic carbocycles. The highest BCUT2D eigenvalue weighted by Gasteiger charge is 2.15. The Labute approximate surface area is 117 Å². The maximum Gasteiger partial charge on any atom is 0.201 e. The second-order valence-electron chi connectivity index (χ2n) is 4.73. The number of imidazole rings is 1. The van der Waals surface area contributed by atoms with Crippen LogP contribution in [-0.4, -0.2) is 34.1 Å². The Bertz CT molecular complexity index is 590. The highest BCUT2D eigenvalue weighted by molar-refractivity contribution is 5.79. The van der Waals surface area contributed by atoms with E-state index in [0.717, 1.165) is 32.1 Å². The first kappa shape index (κ1) is 14.7. The molecule has 2 aromatic rings. The van der Waals surface area contributed by atoms with Gasteiger partial charge in [-0.15, -0.1) is 0 Å². The van der Waals surface area contributed by atoms with Gasteiger partial charge in [-0.25, -0.2) is 13.8 Å². The Morgan fingerprint density at radius 3 is 2.60 bits per heavy atom. The van der Waals surface area contributed by atoms with E-state index in [0.29, 0.717) is 12.1 Å². The molecule has 0 unspecified atom stereocenters. The summed E-state index contributed by atoms with van der Waals surface area (Å²) in [5.41, 5.74) is 6.35. The summed E-state index contributed by atoms with van der Waals surface area (Å²) in [5.74, 6) is -1.53. The van der Waals surface area contributed by atoms with E-state index in [4.69, 9.17) is 5.73 Å². The normalized spacial score (nSPS) is 11.7. The standard InChI is InChI=1S/C14H20F2N4/c1-3-19(4-2)8-5-9-20-13-11(18-14(20)17)7-6-10(15)12(13)16/h6-7H,3-5,8-9H2,1-2H3,(H2,17,18). The van der Waals surface area contributed by atoms with Crippen LogP contribution in [0.1, 0.15) is 20.3 Å². The minimum atomic E-state index is -0.880. The van der Waals surface area contributed by atoms with Gasteiger partial charge >= 0.3 is 0 Å². The number of nitrogen functional groups attached to an aromatic ring is 1.